The van der Waals surface area contributed by atoms with Crippen LogP contribution in [0.3, 0.4) is 0 Å². The van der Waals surface area contributed by atoms with Crippen molar-refractivity contribution in [2.24, 2.45) is 10.9 Å². The topological polar surface area (TPSA) is 61.8 Å². The normalized spacial score (nSPS) is 18.1. The smallest absolute Gasteiger partial charge is 0.390 e. The van der Waals surface area contributed by atoms with Crippen LogP contribution in [0.25, 0.3) is 0 Å². The van der Waals surface area contributed by atoms with Crippen LogP contribution in [-0.4, -0.2) is 41.3 Å². The third kappa shape index (κ3) is 5.20. The molecule has 0 spiro atoms. The lowest BCUT2D eigenvalue weighted by molar-refractivity contribution is -0.138. The molecule has 0 radical (unpaired) electrons. The van der Waals surface area contributed by atoms with E-state index >= 15 is 0 Å². The van der Waals surface area contributed by atoms with Crippen molar-refractivity contribution in [2.75, 3.05) is 13.1 Å². The molecule has 0 unspecified atom stereocenters. The minimum atomic E-state index is -4.12. The van der Waals surface area contributed by atoms with Crippen LogP contribution >= 0.6 is 0 Å². The highest BCUT2D eigenvalue weighted by Crippen LogP contribution is 2.29. The van der Waals surface area contributed by atoms with Crippen molar-refractivity contribution in [3.05, 3.63) is 0 Å². The van der Waals surface area contributed by atoms with Crippen LogP contribution in [0.15, 0.2) is 5.16 Å². The fourth-order valence-corrected chi connectivity index (χ4v) is 1.50. The van der Waals surface area contributed by atoms with E-state index in [1.165, 1.54) is 0 Å². The summed E-state index contributed by atoms with van der Waals surface area (Å²) in [5, 5.41) is 11.1. The lowest BCUT2D eigenvalue weighted by Crippen LogP contribution is -2.33. The molecule has 0 aromatic rings. The van der Waals surface area contributed by atoms with E-state index in [2.05, 4.69) is 5.16 Å². The van der Waals surface area contributed by atoms with Crippen molar-refractivity contribution in [2.45, 2.75) is 37.9 Å². The first-order chi connectivity index (χ1) is 7.42. The maximum absolute atomic E-state index is 12.0. The van der Waals surface area contributed by atoms with E-state index in [-0.39, 0.29) is 18.4 Å². The summed E-state index contributed by atoms with van der Waals surface area (Å²) in [6.07, 6.45) is -2.75. The average molecular weight is 239 g/mol. The van der Waals surface area contributed by atoms with Crippen LogP contribution in [0.2, 0.25) is 0 Å². The van der Waals surface area contributed by atoms with Gasteiger partial charge < -0.3 is 10.9 Å². The maximum Gasteiger partial charge on any atom is 0.390 e. The third-order valence-corrected chi connectivity index (χ3v) is 2.53. The standard InChI is InChI=1S/C9H16F3N3O/c10-9(11,12)4-6-15(7-1-2-7)5-3-8(13)14-16/h7,16H,1-6H2,(H2,13,14). The monoisotopic (exact) mass is 239 g/mol. The molecular weight excluding hydrogens is 223 g/mol. The summed E-state index contributed by atoms with van der Waals surface area (Å²) in [5.41, 5.74) is 5.27. The van der Waals surface area contributed by atoms with Crippen molar-refractivity contribution in [3.8, 4) is 0 Å². The highest BCUT2D eigenvalue weighted by atomic mass is 19.4. The molecule has 0 aliphatic heterocycles. The number of amidine groups is 1. The zero-order chi connectivity index (χ0) is 12.2. The summed E-state index contributed by atoms with van der Waals surface area (Å²) in [5.74, 6) is 0.0534. The Hall–Kier alpha value is -0.980. The Morgan fingerprint density at radius 1 is 1.38 bits per heavy atom. The largest absolute Gasteiger partial charge is 0.409 e. The molecule has 0 aromatic carbocycles. The molecule has 0 aromatic heterocycles. The van der Waals surface area contributed by atoms with Gasteiger partial charge in [-0.25, -0.2) is 0 Å². The first-order valence-corrected chi connectivity index (χ1v) is 5.19. The van der Waals surface area contributed by atoms with Crippen molar-refractivity contribution in [3.63, 3.8) is 0 Å². The van der Waals surface area contributed by atoms with E-state index in [9.17, 15) is 13.2 Å². The van der Waals surface area contributed by atoms with E-state index in [0.717, 1.165) is 12.8 Å². The van der Waals surface area contributed by atoms with Crippen molar-refractivity contribution in [1.29, 1.82) is 0 Å². The number of nitrogens with zero attached hydrogens (tertiary/aromatic N) is 2. The highest BCUT2D eigenvalue weighted by molar-refractivity contribution is 5.79. The predicted octanol–water partition coefficient (Wildman–Crippen LogP) is 1.54. The Morgan fingerprint density at radius 2 is 2.00 bits per heavy atom. The number of hydrogen-bond donors (Lipinski definition) is 2. The van der Waals surface area contributed by atoms with E-state index < -0.39 is 12.6 Å². The van der Waals surface area contributed by atoms with E-state index in [1.54, 1.807) is 4.90 Å². The molecule has 1 saturated carbocycles. The summed E-state index contributed by atoms with van der Waals surface area (Å²) < 4.78 is 36.1. The molecule has 0 amide bonds. The van der Waals surface area contributed by atoms with Crippen LogP contribution in [0.5, 0.6) is 0 Å². The summed E-state index contributed by atoms with van der Waals surface area (Å²) in [7, 11) is 0. The van der Waals surface area contributed by atoms with Crippen molar-refractivity contribution in [1.82, 2.24) is 4.90 Å². The minimum absolute atomic E-state index is 0.00707. The van der Waals surface area contributed by atoms with Gasteiger partial charge in [0.15, 0.2) is 0 Å². The van der Waals surface area contributed by atoms with Gasteiger partial charge in [0.2, 0.25) is 0 Å². The molecule has 0 heterocycles. The van der Waals surface area contributed by atoms with Crippen LogP contribution in [0.4, 0.5) is 13.2 Å². The van der Waals surface area contributed by atoms with Gasteiger partial charge >= 0.3 is 6.18 Å². The molecule has 1 fully saturated rings. The first kappa shape index (κ1) is 13.1. The molecule has 4 nitrogen and oxygen atoms in total. The van der Waals surface area contributed by atoms with Gasteiger partial charge in [-0.15, -0.1) is 0 Å². The average Bonchev–Trinajstić information content (AvgIpc) is 2.99. The minimum Gasteiger partial charge on any atom is -0.409 e. The van der Waals surface area contributed by atoms with Gasteiger partial charge in [0.1, 0.15) is 5.84 Å². The molecule has 1 rings (SSSR count). The Balaban J connectivity index is 2.31. The molecule has 0 bridgehead atoms. The summed E-state index contributed by atoms with van der Waals surface area (Å²) in [6, 6.07) is 0.244. The molecule has 1 aliphatic rings. The summed E-state index contributed by atoms with van der Waals surface area (Å²) in [6.45, 7) is 0.406. The van der Waals surface area contributed by atoms with Gasteiger partial charge in [-0.3, -0.25) is 4.90 Å². The van der Waals surface area contributed by atoms with Crippen LogP contribution in [-0.2, 0) is 0 Å². The van der Waals surface area contributed by atoms with Gasteiger partial charge in [0, 0.05) is 25.6 Å². The molecule has 16 heavy (non-hydrogen) atoms. The second-order valence-electron chi connectivity index (χ2n) is 3.97. The van der Waals surface area contributed by atoms with Gasteiger partial charge in [-0.05, 0) is 12.8 Å². The molecule has 0 atom stereocenters. The van der Waals surface area contributed by atoms with Gasteiger partial charge in [0.25, 0.3) is 0 Å². The van der Waals surface area contributed by atoms with Crippen LogP contribution in [0, 0.1) is 0 Å². The lowest BCUT2D eigenvalue weighted by atomic mass is 10.3. The Labute approximate surface area is 91.9 Å². The van der Waals surface area contributed by atoms with E-state index in [1.807, 2.05) is 0 Å². The van der Waals surface area contributed by atoms with Crippen LogP contribution < -0.4 is 5.73 Å². The number of rotatable bonds is 6. The lowest BCUT2D eigenvalue weighted by Gasteiger charge is -2.22. The maximum atomic E-state index is 12.0. The number of oxime groups is 1. The zero-order valence-corrected chi connectivity index (χ0v) is 8.87. The predicted molar refractivity (Wildman–Crippen MR) is 53.3 cm³/mol. The molecule has 0 saturated heterocycles. The molecule has 94 valence electrons. The van der Waals surface area contributed by atoms with E-state index in [4.69, 9.17) is 10.9 Å². The Morgan fingerprint density at radius 3 is 2.44 bits per heavy atom. The van der Waals surface area contributed by atoms with Crippen LogP contribution in [0.1, 0.15) is 25.7 Å². The number of hydrogen-bond acceptors (Lipinski definition) is 3. The number of nitrogens with two attached hydrogens (primary N) is 1. The second kappa shape index (κ2) is 5.38. The molecule has 7 heteroatoms. The first-order valence-electron chi connectivity index (χ1n) is 5.19. The van der Waals surface area contributed by atoms with Gasteiger partial charge in [0.05, 0.1) is 6.42 Å². The highest BCUT2D eigenvalue weighted by Gasteiger charge is 2.33. The number of halogens is 3. The molecule has 1 aliphatic carbocycles. The van der Waals surface area contributed by atoms with Crippen molar-refractivity contribution < 1.29 is 18.4 Å². The zero-order valence-electron chi connectivity index (χ0n) is 8.87. The van der Waals surface area contributed by atoms with Crippen molar-refractivity contribution >= 4 is 5.84 Å². The van der Waals surface area contributed by atoms with Gasteiger partial charge in [-0.2, -0.15) is 13.2 Å². The summed E-state index contributed by atoms with van der Waals surface area (Å²) >= 11 is 0. The summed E-state index contributed by atoms with van der Waals surface area (Å²) in [4.78, 5) is 1.76. The fraction of sp³-hybridized carbons (Fsp3) is 0.889. The quantitative estimate of drug-likeness (QED) is 0.320. The Kier molecular flexibility index (Phi) is 4.40. The van der Waals surface area contributed by atoms with Gasteiger partial charge in [-0.1, -0.05) is 5.16 Å². The fourth-order valence-electron chi connectivity index (χ4n) is 1.50. The second-order valence-corrected chi connectivity index (χ2v) is 3.97. The number of alkyl halides is 3. The SMILES string of the molecule is NC(CCN(CCC(F)(F)F)C1CC1)=NO. The third-order valence-electron chi connectivity index (χ3n) is 2.53. The molecular formula is C9H16F3N3O. The Bertz CT molecular complexity index is 251. The van der Waals surface area contributed by atoms with E-state index in [0.29, 0.717) is 13.0 Å². The molecule has 3 N–H and O–H groups in total.